The number of nitrogens with zero attached hydrogens (tertiary/aromatic N) is 1. The van der Waals surface area contributed by atoms with Crippen molar-refractivity contribution in [3.05, 3.63) is 75.3 Å². The molecule has 11 heteroatoms. The Morgan fingerprint density at radius 2 is 1.67 bits per heavy atom. The van der Waals surface area contributed by atoms with Crippen molar-refractivity contribution >= 4 is 45.3 Å². The summed E-state index contributed by atoms with van der Waals surface area (Å²) in [5.41, 5.74) is -1.44. The van der Waals surface area contributed by atoms with Gasteiger partial charge in [-0.1, -0.05) is 23.7 Å². The molecule has 3 aromatic rings. The molecule has 0 unspecified atom stereocenters. The number of anilines is 2. The van der Waals surface area contributed by atoms with Crippen molar-refractivity contribution in [2.75, 3.05) is 17.2 Å². The van der Waals surface area contributed by atoms with Crippen molar-refractivity contribution < 1.29 is 27.6 Å². The maximum Gasteiger partial charge on any atom is 0.423 e. The summed E-state index contributed by atoms with van der Waals surface area (Å²) in [5.74, 6) is -0.283. The molecule has 36 heavy (non-hydrogen) atoms. The molecule has 1 amide bonds. The molecule has 0 spiro atoms. The monoisotopic (exact) mass is 521 g/mol. The van der Waals surface area contributed by atoms with Gasteiger partial charge in [-0.15, -0.1) is 0 Å². The molecule has 7 nitrogen and oxygen atoms in total. The zero-order chi connectivity index (χ0) is 25.9. The number of nitro benzene ring substituents is 1. The van der Waals surface area contributed by atoms with E-state index in [0.717, 1.165) is 22.9 Å². The molecule has 1 aliphatic carbocycles. The number of rotatable bonds is 7. The normalized spacial score (nSPS) is 18.1. The van der Waals surface area contributed by atoms with Crippen LogP contribution in [0.5, 0.6) is 0 Å². The average Bonchev–Trinajstić information content (AvgIpc) is 2.83. The summed E-state index contributed by atoms with van der Waals surface area (Å²) in [5, 5.41) is 19.3. The second kappa shape index (κ2) is 10.7. The van der Waals surface area contributed by atoms with E-state index >= 15 is 0 Å². The molecule has 0 atom stereocenters. The third kappa shape index (κ3) is 6.44. The molecule has 0 aromatic heterocycles. The second-order valence-corrected chi connectivity index (χ2v) is 9.11. The van der Waals surface area contributed by atoms with Crippen LogP contribution in [-0.2, 0) is 15.7 Å². The van der Waals surface area contributed by atoms with Crippen LogP contribution in [0.3, 0.4) is 0 Å². The summed E-state index contributed by atoms with van der Waals surface area (Å²) >= 11 is 5.99. The van der Waals surface area contributed by atoms with Crippen LogP contribution in [0.15, 0.2) is 54.6 Å². The van der Waals surface area contributed by atoms with Gasteiger partial charge in [0.2, 0.25) is 5.91 Å². The van der Waals surface area contributed by atoms with Crippen LogP contribution < -0.4 is 10.6 Å². The third-order valence-corrected chi connectivity index (χ3v) is 6.31. The zero-order valence-electron chi connectivity index (χ0n) is 19.0. The van der Waals surface area contributed by atoms with Crippen LogP contribution in [0.1, 0.15) is 31.2 Å². The standard InChI is InChI=1S/C25H23ClF3N3O4/c26-17-3-1-16-12-19(4-2-15(16)11-17)31-24(33)14-36-21-8-5-18(6-9-21)30-20-7-10-23(32(34)35)22(13-20)25(27,28)29/h1-4,7,10-13,18,21,30H,5-6,8-9,14H2,(H,31,33)/t18-,21-. The minimum atomic E-state index is -4.83. The first kappa shape index (κ1) is 25.7. The number of nitro groups is 1. The van der Waals surface area contributed by atoms with Crippen LogP contribution in [0, 0.1) is 10.1 Å². The molecular formula is C25H23ClF3N3O4. The number of alkyl halides is 3. The smallest absolute Gasteiger partial charge is 0.382 e. The topological polar surface area (TPSA) is 93.5 Å². The van der Waals surface area contributed by atoms with E-state index in [0.29, 0.717) is 36.4 Å². The Morgan fingerprint density at radius 3 is 2.36 bits per heavy atom. The van der Waals surface area contributed by atoms with E-state index in [4.69, 9.17) is 16.3 Å². The number of hydrogen-bond acceptors (Lipinski definition) is 5. The highest BCUT2D eigenvalue weighted by Gasteiger charge is 2.38. The third-order valence-electron chi connectivity index (χ3n) is 6.08. The van der Waals surface area contributed by atoms with Crippen LogP contribution in [0.25, 0.3) is 10.8 Å². The van der Waals surface area contributed by atoms with E-state index in [-0.39, 0.29) is 30.3 Å². The summed E-state index contributed by atoms with van der Waals surface area (Å²) < 4.78 is 45.4. The summed E-state index contributed by atoms with van der Waals surface area (Å²) in [6.45, 7) is -0.112. The molecule has 2 N–H and O–H groups in total. The Balaban J connectivity index is 1.25. The zero-order valence-corrected chi connectivity index (χ0v) is 19.7. The molecular weight excluding hydrogens is 499 g/mol. The Morgan fingerprint density at radius 1 is 1.00 bits per heavy atom. The van der Waals surface area contributed by atoms with Crippen molar-refractivity contribution in [1.29, 1.82) is 0 Å². The number of benzene rings is 3. The van der Waals surface area contributed by atoms with Gasteiger partial charge in [0.05, 0.1) is 11.0 Å². The molecule has 0 bridgehead atoms. The van der Waals surface area contributed by atoms with Gasteiger partial charge in [-0.05, 0) is 72.9 Å². The maximum absolute atomic E-state index is 13.2. The van der Waals surface area contributed by atoms with E-state index in [2.05, 4.69) is 10.6 Å². The van der Waals surface area contributed by atoms with Crippen LogP contribution in [0.2, 0.25) is 5.02 Å². The van der Waals surface area contributed by atoms with Gasteiger partial charge in [0.15, 0.2) is 0 Å². The van der Waals surface area contributed by atoms with E-state index < -0.39 is 22.4 Å². The minimum absolute atomic E-state index is 0.104. The fourth-order valence-electron chi connectivity index (χ4n) is 4.31. The van der Waals surface area contributed by atoms with Gasteiger partial charge in [-0.2, -0.15) is 13.2 Å². The highest BCUT2D eigenvalue weighted by molar-refractivity contribution is 6.31. The van der Waals surface area contributed by atoms with E-state index in [9.17, 15) is 28.1 Å². The largest absolute Gasteiger partial charge is 0.423 e. The van der Waals surface area contributed by atoms with Crippen molar-refractivity contribution in [3.8, 4) is 0 Å². The number of carbonyl (C=O) groups excluding carboxylic acids is 1. The van der Waals surface area contributed by atoms with Gasteiger partial charge >= 0.3 is 6.18 Å². The molecule has 0 saturated heterocycles. The Labute approximate surface area is 209 Å². The van der Waals surface area contributed by atoms with Crippen molar-refractivity contribution in [2.45, 2.75) is 44.0 Å². The molecule has 190 valence electrons. The molecule has 0 radical (unpaired) electrons. The van der Waals surface area contributed by atoms with Crippen molar-refractivity contribution in [1.82, 2.24) is 0 Å². The lowest BCUT2D eigenvalue weighted by Gasteiger charge is -2.29. The number of nitrogens with one attached hydrogen (secondary N) is 2. The lowest BCUT2D eigenvalue weighted by atomic mass is 9.92. The quantitative estimate of drug-likeness (QED) is 0.263. The molecule has 1 aliphatic rings. The summed E-state index contributed by atoms with van der Waals surface area (Å²) in [4.78, 5) is 22.2. The Kier molecular flexibility index (Phi) is 7.65. The van der Waals surface area contributed by atoms with E-state index in [1.54, 1.807) is 12.1 Å². The molecule has 4 rings (SSSR count). The Hall–Kier alpha value is -3.37. The average molecular weight is 522 g/mol. The highest BCUT2D eigenvalue weighted by Crippen LogP contribution is 2.38. The number of hydrogen-bond donors (Lipinski definition) is 2. The van der Waals surface area contributed by atoms with Gasteiger partial charge in [0.1, 0.15) is 12.2 Å². The van der Waals surface area contributed by atoms with Gasteiger partial charge in [0.25, 0.3) is 5.69 Å². The maximum atomic E-state index is 13.2. The second-order valence-electron chi connectivity index (χ2n) is 8.67. The molecule has 1 fully saturated rings. The van der Waals surface area contributed by atoms with Gasteiger partial charge in [0, 0.05) is 28.5 Å². The first-order valence-electron chi connectivity index (χ1n) is 11.3. The van der Waals surface area contributed by atoms with Crippen LogP contribution >= 0.6 is 11.6 Å². The van der Waals surface area contributed by atoms with Crippen molar-refractivity contribution in [2.24, 2.45) is 0 Å². The lowest BCUT2D eigenvalue weighted by Crippen LogP contribution is -2.31. The summed E-state index contributed by atoms with van der Waals surface area (Å²) in [6.07, 6.45) is -2.47. The SMILES string of the molecule is O=C(CO[C@H]1CC[C@H](Nc2ccc([N+](=O)[O-])c(C(F)(F)F)c2)CC1)Nc1ccc2cc(Cl)ccc2c1. The molecule has 3 aromatic carbocycles. The first-order valence-corrected chi connectivity index (χ1v) is 11.7. The highest BCUT2D eigenvalue weighted by atomic mass is 35.5. The van der Waals surface area contributed by atoms with Gasteiger partial charge in [-0.3, -0.25) is 14.9 Å². The summed E-state index contributed by atoms with van der Waals surface area (Å²) in [6, 6.07) is 13.8. The predicted octanol–water partition coefficient (Wildman–Crippen LogP) is 6.80. The van der Waals surface area contributed by atoms with Crippen molar-refractivity contribution in [3.63, 3.8) is 0 Å². The number of carbonyl (C=O) groups is 1. The van der Waals surface area contributed by atoms with E-state index in [1.165, 1.54) is 6.07 Å². The fourth-order valence-corrected chi connectivity index (χ4v) is 4.49. The number of halogens is 4. The summed E-state index contributed by atoms with van der Waals surface area (Å²) in [7, 11) is 0. The number of ether oxygens (including phenoxy) is 1. The number of fused-ring (bicyclic) bond motifs is 1. The number of amides is 1. The molecule has 0 aliphatic heterocycles. The van der Waals surface area contributed by atoms with Gasteiger partial charge < -0.3 is 15.4 Å². The van der Waals surface area contributed by atoms with Crippen LogP contribution in [-0.4, -0.2) is 29.6 Å². The lowest BCUT2D eigenvalue weighted by molar-refractivity contribution is -0.388. The van der Waals surface area contributed by atoms with Crippen LogP contribution in [0.4, 0.5) is 30.2 Å². The first-order chi connectivity index (χ1) is 17.1. The fraction of sp³-hybridized carbons (Fsp3) is 0.320. The van der Waals surface area contributed by atoms with E-state index in [1.807, 2.05) is 24.3 Å². The molecule has 0 heterocycles. The minimum Gasteiger partial charge on any atom is -0.382 e. The predicted molar refractivity (Wildman–Crippen MR) is 131 cm³/mol. The molecule has 1 saturated carbocycles. The Bertz CT molecular complexity index is 1280. The van der Waals surface area contributed by atoms with Gasteiger partial charge in [-0.25, -0.2) is 0 Å².